The Labute approximate surface area is 35.4 Å². The first kappa shape index (κ1) is 2.96. The first-order chi connectivity index (χ1) is 2.97. The van der Waals surface area contributed by atoms with E-state index in [4.69, 9.17) is 4.74 Å². The van der Waals surface area contributed by atoms with E-state index in [1.54, 1.807) is 5.06 Å². The molecule has 0 amide bonds. The van der Waals surface area contributed by atoms with Crippen molar-refractivity contribution in [2.45, 2.75) is 0 Å². The monoisotopic (exact) mass is 86.0 g/mol. The molecule has 0 saturated carbocycles. The predicted molar refractivity (Wildman–Crippen MR) is 17.0 cm³/mol. The lowest BCUT2D eigenvalue weighted by Crippen LogP contribution is -1.94. The van der Waals surface area contributed by atoms with E-state index in [9.17, 15) is 0 Å². The quantitative estimate of drug-likeness (QED) is 0.379. The SMILES string of the molecule is C1CN2O[C]2O1. The predicted octanol–water partition coefficient (Wildman–Crippen LogP) is -0.289. The largest absolute Gasteiger partial charge is 0.345 e. The van der Waals surface area contributed by atoms with Gasteiger partial charge in [-0.15, -0.1) is 5.06 Å². The van der Waals surface area contributed by atoms with Crippen LogP contribution in [0.4, 0.5) is 0 Å². The number of hydroxylamine groups is 2. The molecule has 2 rings (SSSR count). The highest BCUT2D eigenvalue weighted by molar-refractivity contribution is 4.79. The van der Waals surface area contributed by atoms with Gasteiger partial charge in [0.25, 0.3) is 0 Å². The van der Waals surface area contributed by atoms with Crippen molar-refractivity contribution in [2.24, 2.45) is 0 Å². The molecule has 2 saturated heterocycles. The highest BCUT2D eigenvalue weighted by Crippen LogP contribution is 2.33. The van der Waals surface area contributed by atoms with Gasteiger partial charge < -0.3 is 4.74 Å². The van der Waals surface area contributed by atoms with E-state index in [1.807, 2.05) is 0 Å². The summed E-state index contributed by atoms with van der Waals surface area (Å²) < 4.78 is 4.85. The van der Waals surface area contributed by atoms with Crippen LogP contribution in [0, 0.1) is 6.41 Å². The number of hydrogen-bond acceptors (Lipinski definition) is 3. The molecule has 2 aliphatic rings. The highest BCUT2D eigenvalue weighted by Gasteiger charge is 2.45. The second-order valence-corrected chi connectivity index (χ2v) is 1.31. The second kappa shape index (κ2) is 0.753. The molecule has 2 aliphatic heterocycles. The minimum absolute atomic E-state index is 0.704. The summed E-state index contributed by atoms with van der Waals surface area (Å²) in [5.74, 6) is 0. The van der Waals surface area contributed by atoms with E-state index in [2.05, 4.69) is 4.84 Å². The molecule has 0 N–H and O–H groups in total. The minimum atomic E-state index is 0.704. The van der Waals surface area contributed by atoms with Gasteiger partial charge in [-0.2, -0.15) is 0 Å². The Balaban J connectivity index is 2.09. The summed E-state index contributed by atoms with van der Waals surface area (Å²) in [6.07, 6.45) is 0.704. The van der Waals surface area contributed by atoms with E-state index >= 15 is 0 Å². The van der Waals surface area contributed by atoms with Crippen LogP contribution in [0.5, 0.6) is 0 Å². The Morgan fingerprint density at radius 3 is 2.83 bits per heavy atom. The van der Waals surface area contributed by atoms with Gasteiger partial charge in [0.15, 0.2) is 0 Å². The van der Waals surface area contributed by atoms with Crippen LogP contribution >= 0.6 is 0 Å². The zero-order chi connectivity index (χ0) is 3.98. The van der Waals surface area contributed by atoms with Gasteiger partial charge in [0.1, 0.15) is 0 Å². The van der Waals surface area contributed by atoms with Gasteiger partial charge in [-0.25, -0.2) is 4.84 Å². The average Bonchev–Trinajstić information content (AvgIpc) is 2.17. The van der Waals surface area contributed by atoms with E-state index in [0.29, 0.717) is 6.41 Å². The molecule has 0 spiro atoms. The Morgan fingerprint density at radius 1 is 1.67 bits per heavy atom. The molecule has 1 unspecified atom stereocenters. The molecule has 0 aromatic heterocycles. The minimum Gasteiger partial charge on any atom is -0.328 e. The maximum atomic E-state index is 4.85. The molecule has 2 fully saturated rings. The zero-order valence-electron chi connectivity index (χ0n) is 3.18. The lowest BCUT2D eigenvalue weighted by atomic mass is 10.7. The fraction of sp³-hybridized carbons (Fsp3) is 0.667. The second-order valence-electron chi connectivity index (χ2n) is 1.31. The maximum Gasteiger partial charge on any atom is 0.345 e. The Kier molecular flexibility index (Phi) is 0.371. The Morgan fingerprint density at radius 2 is 2.67 bits per heavy atom. The number of fused-ring (bicyclic) bond motifs is 1. The molecular formula is C3H4NO2. The summed E-state index contributed by atoms with van der Waals surface area (Å²) in [4.78, 5) is 4.68. The summed E-state index contributed by atoms with van der Waals surface area (Å²) in [5.41, 5.74) is 0. The van der Waals surface area contributed by atoms with Crippen molar-refractivity contribution in [2.75, 3.05) is 13.2 Å². The van der Waals surface area contributed by atoms with Crippen molar-refractivity contribution < 1.29 is 9.57 Å². The zero-order valence-corrected chi connectivity index (χ0v) is 3.18. The summed E-state index contributed by atoms with van der Waals surface area (Å²) in [5, 5.41) is 1.72. The van der Waals surface area contributed by atoms with E-state index < -0.39 is 0 Å². The van der Waals surface area contributed by atoms with Crippen molar-refractivity contribution in [3.63, 3.8) is 0 Å². The number of hydrogen-bond donors (Lipinski definition) is 0. The Bertz CT molecular complexity index is 67.2. The van der Waals surface area contributed by atoms with Gasteiger partial charge in [-0.3, -0.25) is 0 Å². The third kappa shape index (κ3) is 0.228. The standard InChI is InChI=1S/C3H4NO2/c1-2-5-3-4(1)6-3/h1-2H2. The van der Waals surface area contributed by atoms with Crippen molar-refractivity contribution in [1.82, 2.24) is 5.06 Å². The van der Waals surface area contributed by atoms with Crippen molar-refractivity contribution in [1.29, 1.82) is 0 Å². The van der Waals surface area contributed by atoms with Crippen molar-refractivity contribution >= 4 is 0 Å². The molecule has 2 heterocycles. The van der Waals surface area contributed by atoms with Crippen LogP contribution in [-0.2, 0) is 9.57 Å². The highest BCUT2D eigenvalue weighted by atomic mass is 17.0. The fourth-order valence-corrected chi connectivity index (χ4v) is 0.525. The van der Waals surface area contributed by atoms with E-state index in [-0.39, 0.29) is 0 Å². The molecule has 1 radical (unpaired) electrons. The topological polar surface area (TPSA) is 24.8 Å². The molecule has 0 aromatic carbocycles. The smallest absolute Gasteiger partial charge is 0.328 e. The Hall–Kier alpha value is -0.120. The van der Waals surface area contributed by atoms with Crippen LogP contribution in [0.15, 0.2) is 0 Å². The fourth-order valence-electron chi connectivity index (χ4n) is 0.525. The van der Waals surface area contributed by atoms with Crippen LogP contribution in [0.2, 0.25) is 0 Å². The summed E-state index contributed by atoms with van der Waals surface area (Å²) in [7, 11) is 0. The van der Waals surface area contributed by atoms with Crippen LogP contribution in [0.1, 0.15) is 0 Å². The van der Waals surface area contributed by atoms with Gasteiger partial charge >= 0.3 is 6.41 Å². The molecule has 33 valence electrons. The molecule has 1 atom stereocenters. The van der Waals surface area contributed by atoms with Gasteiger partial charge in [0.05, 0.1) is 13.2 Å². The first-order valence-corrected chi connectivity index (χ1v) is 1.92. The van der Waals surface area contributed by atoms with Crippen LogP contribution in [0.25, 0.3) is 0 Å². The van der Waals surface area contributed by atoms with Gasteiger partial charge in [-0.1, -0.05) is 0 Å². The first-order valence-electron chi connectivity index (χ1n) is 1.92. The van der Waals surface area contributed by atoms with Gasteiger partial charge in [-0.05, 0) is 0 Å². The number of nitrogens with zero attached hydrogens (tertiary/aromatic N) is 1. The lowest BCUT2D eigenvalue weighted by Gasteiger charge is -1.82. The van der Waals surface area contributed by atoms with Crippen molar-refractivity contribution in [3.05, 3.63) is 6.41 Å². The van der Waals surface area contributed by atoms with Gasteiger partial charge in [0.2, 0.25) is 0 Å². The molecule has 0 aliphatic carbocycles. The molecule has 3 nitrogen and oxygen atoms in total. The molecule has 6 heavy (non-hydrogen) atoms. The number of ether oxygens (including phenoxy) is 1. The summed E-state index contributed by atoms with van der Waals surface area (Å²) in [6.45, 7) is 1.71. The molecule has 0 aromatic rings. The lowest BCUT2D eigenvalue weighted by molar-refractivity contribution is 0.0914. The normalized spacial score (nSPS) is 43.0. The average molecular weight is 86.1 g/mol. The summed E-state index contributed by atoms with van der Waals surface area (Å²) in [6, 6.07) is 0. The summed E-state index contributed by atoms with van der Waals surface area (Å²) >= 11 is 0. The number of rotatable bonds is 0. The molecule has 3 heteroatoms. The van der Waals surface area contributed by atoms with E-state index in [0.717, 1.165) is 13.2 Å². The molecule has 0 bridgehead atoms. The van der Waals surface area contributed by atoms with E-state index in [1.165, 1.54) is 0 Å². The third-order valence-corrected chi connectivity index (χ3v) is 0.879. The molecular weight excluding hydrogens is 82.0 g/mol. The van der Waals surface area contributed by atoms with Crippen LogP contribution in [0.3, 0.4) is 0 Å². The third-order valence-electron chi connectivity index (χ3n) is 0.879. The van der Waals surface area contributed by atoms with Crippen molar-refractivity contribution in [3.8, 4) is 0 Å². The van der Waals surface area contributed by atoms with Crippen LogP contribution < -0.4 is 0 Å². The van der Waals surface area contributed by atoms with Crippen LogP contribution in [-0.4, -0.2) is 18.2 Å². The van der Waals surface area contributed by atoms with Gasteiger partial charge in [0, 0.05) is 0 Å². The maximum absolute atomic E-state index is 4.85.